The molecule has 9 nitrogen and oxygen atoms in total. The van der Waals surface area contributed by atoms with E-state index >= 15 is 0 Å². The second-order valence-corrected chi connectivity index (χ2v) is 9.49. The number of hydrogen-bond donors (Lipinski definition) is 1. The number of benzene rings is 2. The molecule has 6 rings (SSSR count). The highest BCUT2D eigenvalue weighted by Crippen LogP contribution is 2.32. The van der Waals surface area contributed by atoms with Gasteiger partial charge in [0, 0.05) is 18.0 Å². The Bertz CT molecular complexity index is 1830. The highest BCUT2D eigenvalue weighted by Gasteiger charge is 2.18. The quantitative estimate of drug-likeness (QED) is 0.231. The fourth-order valence-electron chi connectivity index (χ4n) is 4.03. The predicted octanol–water partition coefficient (Wildman–Crippen LogP) is 3.03. The number of aryl methyl sites for hydroxylation is 1. The van der Waals surface area contributed by atoms with Crippen LogP contribution in [0.1, 0.15) is 5.82 Å². The van der Waals surface area contributed by atoms with Crippen molar-refractivity contribution in [1.29, 1.82) is 0 Å². The predicted molar refractivity (Wildman–Crippen MR) is 135 cm³/mol. The van der Waals surface area contributed by atoms with Gasteiger partial charge in [-0.2, -0.15) is 0 Å². The van der Waals surface area contributed by atoms with E-state index in [2.05, 4.69) is 15.2 Å². The van der Waals surface area contributed by atoms with E-state index in [0.29, 0.717) is 38.1 Å². The minimum Gasteiger partial charge on any atom is -0.334 e. The van der Waals surface area contributed by atoms with E-state index in [1.54, 1.807) is 13.1 Å². The van der Waals surface area contributed by atoms with Crippen molar-refractivity contribution in [1.82, 2.24) is 28.8 Å². The zero-order valence-corrected chi connectivity index (χ0v) is 19.5. The molecule has 0 bridgehead atoms. The summed E-state index contributed by atoms with van der Waals surface area (Å²) in [6, 6.07) is 17.0. The van der Waals surface area contributed by atoms with Crippen molar-refractivity contribution in [3.05, 3.63) is 86.5 Å². The average Bonchev–Trinajstić information content (AvgIpc) is 3.49. The molecular weight excluding hydrogens is 470 g/mol. The number of thioether (sulfide) groups is 1. The molecule has 4 aromatic heterocycles. The van der Waals surface area contributed by atoms with Gasteiger partial charge >= 0.3 is 0 Å². The first-order chi connectivity index (χ1) is 16.5. The van der Waals surface area contributed by atoms with Crippen molar-refractivity contribution in [2.45, 2.75) is 10.9 Å². The van der Waals surface area contributed by atoms with Gasteiger partial charge in [-0.15, -0.1) is 21.5 Å². The highest BCUT2D eigenvalue weighted by molar-refractivity contribution is 7.98. The number of nitrogens with zero attached hydrogens (tertiary/aromatic N) is 6. The van der Waals surface area contributed by atoms with Crippen molar-refractivity contribution in [2.24, 2.45) is 7.05 Å². The Balaban J connectivity index is 1.42. The molecule has 0 atom stereocenters. The maximum absolute atomic E-state index is 13.2. The second-order valence-electron chi connectivity index (χ2n) is 7.69. The van der Waals surface area contributed by atoms with E-state index in [9.17, 15) is 9.59 Å². The summed E-state index contributed by atoms with van der Waals surface area (Å²) in [4.78, 5) is 31.1. The number of rotatable bonds is 4. The first kappa shape index (κ1) is 20.6. The van der Waals surface area contributed by atoms with Crippen molar-refractivity contribution < 1.29 is 0 Å². The van der Waals surface area contributed by atoms with Gasteiger partial charge in [-0.3, -0.25) is 18.6 Å². The maximum Gasteiger partial charge on any atom is 0.282 e. The molecule has 0 unspecified atom stereocenters. The van der Waals surface area contributed by atoms with Crippen molar-refractivity contribution in [2.75, 3.05) is 5.84 Å². The lowest BCUT2D eigenvalue weighted by Crippen LogP contribution is -2.29. The standard InChI is InChI=1S/C23H17N7O2S2/c1-28-20(31)14-9-5-6-10-16(14)29-17(26-27-22(28)29)12-34-23-25-19-18(21(32)30(23)24)15(11-33-19)13-7-3-2-4-8-13/h2-11H,12,24H2,1H3. The van der Waals surface area contributed by atoms with Crippen LogP contribution in [-0.2, 0) is 12.8 Å². The summed E-state index contributed by atoms with van der Waals surface area (Å²) in [5, 5.41) is 11.9. The van der Waals surface area contributed by atoms with E-state index in [0.717, 1.165) is 21.3 Å². The summed E-state index contributed by atoms with van der Waals surface area (Å²) in [6.07, 6.45) is 0. The summed E-state index contributed by atoms with van der Waals surface area (Å²) in [7, 11) is 1.67. The summed E-state index contributed by atoms with van der Waals surface area (Å²) >= 11 is 2.71. The molecular formula is C23H17N7O2S2. The van der Waals surface area contributed by atoms with Gasteiger partial charge in [0.15, 0.2) is 5.16 Å². The number of nitrogen functional groups attached to an aromatic ring is 1. The minimum absolute atomic E-state index is 0.135. The molecule has 168 valence electrons. The van der Waals surface area contributed by atoms with Crippen LogP contribution in [0.3, 0.4) is 0 Å². The Morgan fingerprint density at radius 2 is 1.76 bits per heavy atom. The van der Waals surface area contributed by atoms with Crippen LogP contribution in [-0.4, -0.2) is 28.8 Å². The SMILES string of the molecule is Cn1c(=O)c2ccccc2n2c(CSc3nc4scc(-c5ccccc5)c4c(=O)n3N)nnc12. The molecule has 0 amide bonds. The van der Waals surface area contributed by atoms with Gasteiger partial charge in [0.2, 0.25) is 5.78 Å². The van der Waals surface area contributed by atoms with Gasteiger partial charge in [-0.05, 0) is 17.7 Å². The number of para-hydroxylation sites is 1. The molecule has 2 N–H and O–H groups in total. The molecule has 6 aromatic rings. The van der Waals surface area contributed by atoms with Gasteiger partial charge in [0.25, 0.3) is 11.1 Å². The topological polar surface area (TPSA) is 113 Å². The average molecular weight is 488 g/mol. The van der Waals surface area contributed by atoms with E-state index in [1.165, 1.54) is 27.7 Å². The van der Waals surface area contributed by atoms with Gasteiger partial charge in [0.1, 0.15) is 10.7 Å². The molecule has 34 heavy (non-hydrogen) atoms. The summed E-state index contributed by atoms with van der Waals surface area (Å²) in [6.45, 7) is 0. The van der Waals surface area contributed by atoms with Crippen LogP contribution in [0.15, 0.2) is 74.7 Å². The summed E-state index contributed by atoms with van der Waals surface area (Å²) in [5.41, 5.74) is 2.06. The molecule has 4 heterocycles. The fourth-order valence-corrected chi connectivity index (χ4v) is 5.85. The highest BCUT2D eigenvalue weighted by atomic mass is 32.2. The molecule has 0 radical (unpaired) electrons. The van der Waals surface area contributed by atoms with Gasteiger partial charge in [0.05, 0.1) is 22.0 Å². The smallest absolute Gasteiger partial charge is 0.282 e. The molecule has 0 saturated heterocycles. The van der Waals surface area contributed by atoms with Crippen LogP contribution in [0.25, 0.3) is 38.0 Å². The molecule has 0 saturated carbocycles. The van der Waals surface area contributed by atoms with Gasteiger partial charge < -0.3 is 5.84 Å². The first-order valence-electron chi connectivity index (χ1n) is 10.3. The van der Waals surface area contributed by atoms with Crippen LogP contribution < -0.4 is 17.0 Å². The van der Waals surface area contributed by atoms with E-state index < -0.39 is 0 Å². The molecule has 0 aliphatic heterocycles. The Morgan fingerprint density at radius 3 is 2.59 bits per heavy atom. The van der Waals surface area contributed by atoms with Gasteiger partial charge in [-0.1, -0.05) is 54.2 Å². The molecule has 0 aliphatic carbocycles. The number of aromatic nitrogens is 6. The minimum atomic E-state index is -0.299. The number of nitrogens with two attached hydrogens (primary N) is 1. The molecule has 0 aliphatic rings. The Hall–Kier alpha value is -3.96. The zero-order chi connectivity index (χ0) is 23.4. The monoisotopic (exact) mass is 487 g/mol. The normalized spacial score (nSPS) is 11.7. The lowest BCUT2D eigenvalue weighted by Gasteiger charge is -2.09. The molecule has 11 heteroatoms. The number of hydrogen-bond acceptors (Lipinski definition) is 8. The van der Waals surface area contributed by atoms with Crippen LogP contribution in [0, 0.1) is 0 Å². The number of fused-ring (bicyclic) bond motifs is 4. The van der Waals surface area contributed by atoms with Crippen LogP contribution in [0.2, 0.25) is 0 Å². The second kappa shape index (κ2) is 7.82. The maximum atomic E-state index is 13.2. The lowest BCUT2D eigenvalue weighted by atomic mass is 10.1. The van der Waals surface area contributed by atoms with E-state index in [1.807, 2.05) is 58.3 Å². The third-order valence-electron chi connectivity index (χ3n) is 5.72. The van der Waals surface area contributed by atoms with Crippen LogP contribution in [0.4, 0.5) is 0 Å². The van der Waals surface area contributed by atoms with Crippen molar-refractivity contribution in [3.8, 4) is 11.1 Å². The van der Waals surface area contributed by atoms with E-state index in [-0.39, 0.29) is 11.1 Å². The molecule has 2 aromatic carbocycles. The Morgan fingerprint density at radius 1 is 1.00 bits per heavy atom. The Labute approximate surface area is 200 Å². The van der Waals surface area contributed by atoms with Crippen molar-refractivity contribution in [3.63, 3.8) is 0 Å². The van der Waals surface area contributed by atoms with Crippen LogP contribution >= 0.6 is 23.1 Å². The molecule has 0 spiro atoms. The lowest BCUT2D eigenvalue weighted by molar-refractivity contribution is 0.781. The Kier molecular flexibility index (Phi) is 4.74. The van der Waals surface area contributed by atoms with E-state index in [4.69, 9.17) is 5.84 Å². The van der Waals surface area contributed by atoms with Crippen LogP contribution in [0.5, 0.6) is 0 Å². The summed E-state index contributed by atoms with van der Waals surface area (Å²) in [5.74, 6) is 7.60. The zero-order valence-electron chi connectivity index (χ0n) is 17.9. The van der Waals surface area contributed by atoms with Crippen molar-refractivity contribution >= 4 is 50.0 Å². The fraction of sp³-hybridized carbons (Fsp3) is 0.0870. The number of thiophene rings is 1. The largest absolute Gasteiger partial charge is 0.334 e. The molecule has 0 fully saturated rings. The third-order valence-corrected chi connectivity index (χ3v) is 7.54. The first-order valence-corrected chi connectivity index (χ1v) is 12.2. The van der Waals surface area contributed by atoms with Gasteiger partial charge in [-0.25, -0.2) is 9.66 Å². The summed E-state index contributed by atoms with van der Waals surface area (Å²) < 4.78 is 4.41. The third kappa shape index (κ3) is 3.05.